The lowest BCUT2D eigenvalue weighted by atomic mass is 9.94. The number of hydrogen-bond acceptors (Lipinski definition) is 2. The van der Waals surface area contributed by atoms with Gasteiger partial charge in [0, 0.05) is 17.4 Å². The van der Waals surface area contributed by atoms with E-state index in [2.05, 4.69) is 17.4 Å². The van der Waals surface area contributed by atoms with Crippen molar-refractivity contribution in [1.82, 2.24) is 0 Å². The Kier molecular flexibility index (Phi) is 2.57. The van der Waals surface area contributed by atoms with Crippen LogP contribution in [0.2, 0.25) is 5.02 Å². The van der Waals surface area contributed by atoms with Gasteiger partial charge in [-0.1, -0.05) is 48.9 Å². The number of amides is 1. The van der Waals surface area contributed by atoms with Gasteiger partial charge in [-0.05, 0) is 23.8 Å². The molecule has 0 radical (unpaired) electrons. The predicted molar refractivity (Wildman–Crippen MR) is 84.5 cm³/mol. The van der Waals surface area contributed by atoms with Crippen molar-refractivity contribution in [2.75, 3.05) is 10.2 Å². The maximum absolute atomic E-state index is 12.7. The van der Waals surface area contributed by atoms with Gasteiger partial charge in [-0.2, -0.15) is 0 Å². The number of carbonyl (C=O) groups is 1. The number of halogens is 1. The Morgan fingerprint density at radius 3 is 2.76 bits per heavy atom. The average molecular weight is 299 g/mol. The Morgan fingerprint density at radius 2 is 2.00 bits per heavy atom. The van der Waals surface area contributed by atoms with Crippen LogP contribution >= 0.6 is 11.6 Å². The lowest BCUT2D eigenvalue weighted by molar-refractivity contribution is -0.120. The molecular formula is C17H15ClN2O. The minimum atomic E-state index is -0.481. The lowest BCUT2D eigenvalue weighted by Gasteiger charge is -2.32. The van der Waals surface area contributed by atoms with E-state index in [0.717, 1.165) is 23.4 Å². The number of fused-ring (bicyclic) bond motifs is 3. The quantitative estimate of drug-likeness (QED) is 0.863. The van der Waals surface area contributed by atoms with Gasteiger partial charge in [-0.15, -0.1) is 0 Å². The molecule has 2 aromatic rings. The van der Waals surface area contributed by atoms with Crippen LogP contribution in [0.15, 0.2) is 48.5 Å². The molecular weight excluding hydrogens is 284 g/mol. The first-order valence-electron chi connectivity index (χ1n) is 7.09. The summed E-state index contributed by atoms with van der Waals surface area (Å²) in [6.45, 7) is 1.99. The summed E-state index contributed by atoms with van der Waals surface area (Å²) < 4.78 is 0. The third-order valence-electron chi connectivity index (χ3n) is 4.42. The molecule has 0 saturated carbocycles. The normalized spacial score (nSPS) is 26.5. The van der Waals surface area contributed by atoms with Crippen molar-refractivity contribution in [3.05, 3.63) is 59.1 Å². The molecule has 1 amide bonds. The Bertz CT molecular complexity index is 731. The molecule has 4 rings (SSSR count). The van der Waals surface area contributed by atoms with Crippen LogP contribution < -0.4 is 10.2 Å². The van der Waals surface area contributed by atoms with Crippen LogP contribution in [0.4, 0.5) is 11.4 Å². The number of anilines is 2. The van der Waals surface area contributed by atoms with Crippen LogP contribution in [0.5, 0.6) is 0 Å². The number of benzene rings is 2. The van der Waals surface area contributed by atoms with Crippen LogP contribution in [0.25, 0.3) is 0 Å². The first-order chi connectivity index (χ1) is 10.1. The fourth-order valence-electron chi connectivity index (χ4n) is 3.52. The van der Waals surface area contributed by atoms with Gasteiger partial charge in [-0.25, -0.2) is 0 Å². The fraction of sp³-hybridized carbons (Fsp3) is 0.235. The lowest BCUT2D eigenvalue weighted by Crippen LogP contribution is -2.44. The summed E-state index contributed by atoms with van der Waals surface area (Å²) in [4.78, 5) is 14.6. The molecule has 0 aliphatic carbocycles. The van der Waals surface area contributed by atoms with Crippen molar-refractivity contribution in [1.29, 1.82) is 0 Å². The van der Waals surface area contributed by atoms with Gasteiger partial charge in [0.1, 0.15) is 5.66 Å². The van der Waals surface area contributed by atoms with Crippen LogP contribution in [-0.4, -0.2) is 5.91 Å². The summed E-state index contributed by atoms with van der Waals surface area (Å²) in [5, 5.41) is 4.22. The second-order valence-electron chi connectivity index (χ2n) is 5.79. The molecule has 2 aliphatic rings. The summed E-state index contributed by atoms with van der Waals surface area (Å²) in [6, 6.07) is 15.8. The molecule has 106 valence electrons. The average Bonchev–Trinajstić information content (AvgIpc) is 2.93. The van der Waals surface area contributed by atoms with Crippen molar-refractivity contribution < 1.29 is 4.79 Å². The van der Waals surface area contributed by atoms with Crippen molar-refractivity contribution in [3.63, 3.8) is 0 Å². The maximum atomic E-state index is 12.7. The number of hydrogen-bond donors (Lipinski definition) is 1. The van der Waals surface area contributed by atoms with Crippen molar-refractivity contribution in [2.45, 2.75) is 19.0 Å². The van der Waals surface area contributed by atoms with Crippen molar-refractivity contribution in [2.24, 2.45) is 5.92 Å². The highest BCUT2D eigenvalue weighted by Gasteiger charge is 2.55. The third kappa shape index (κ3) is 1.64. The molecule has 2 heterocycles. The van der Waals surface area contributed by atoms with E-state index in [0.29, 0.717) is 5.02 Å². The molecule has 21 heavy (non-hydrogen) atoms. The van der Waals surface area contributed by atoms with Gasteiger partial charge in [0.15, 0.2) is 0 Å². The molecule has 2 atom stereocenters. The van der Waals surface area contributed by atoms with Gasteiger partial charge in [-0.3, -0.25) is 9.69 Å². The first kappa shape index (κ1) is 12.7. The summed E-state index contributed by atoms with van der Waals surface area (Å²) in [7, 11) is 0. The van der Waals surface area contributed by atoms with E-state index in [1.807, 2.05) is 48.2 Å². The van der Waals surface area contributed by atoms with E-state index in [9.17, 15) is 4.79 Å². The van der Waals surface area contributed by atoms with Gasteiger partial charge in [0.2, 0.25) is 5.91 Å². The molecule has 1 fully saturated rings. The second-order valence-corrected chi connectivity index (χ2v) is 6.23. The summed E-state index contributed by atoms with van der Waals surface area (Å²) >= 11 is 6.09. The van der Waals surface area contributed by atoms with E-state index < -0.39 is 5.66 Å². The molecule has 1 N–H and O–H groups in total. The van der Waals surface area contributed by atoms with Gasteiger partial charge in [0.25, 0.3) is 0 Å². The molecule has 3 nitrogen and oxygen atoms in total. The molecule has 2 aromatic carbocycles. The summed E-state index contributed by atoms with van der Waals surface area (Å²) in [5.74, 6) is 0.161. The molecule has 2 aliphatic heterocycles. The smallest absolute Gasteiger partial charge is 0.232 e. The van der Waals surface area contributed by atoms with Gasteiger partial charge >= 0.3 is 0 Å². The summed E-state index contributed by atoms with van der Waals surface area (Å²) in [5.41, 5.74) is 2.46. The molecule has 1 saturated heterocycles. The highest BCUT2D eigenvalue weighted by molar-refractivity contribution is 6.31. The van der Waals surface area contributed by atoms with Crippen molar-refractivity contribution in [3.8, 4) is 0 Å². The minimum absolute atomic E-state index is 0.00142. The standard InChI is InChI=1S/C17H15ClN2O/c1-11-10-17(12-5-3-2-4-6-12)19-14-9-13(18)7-8-15(14)20(17)16(11)21/h2-9,11,19H,10H2,1H3/t11-,17+/m0/s1. The maximum Gasteiger partial charge on any atom is 0.232 e. The fourth-order valence-corrected chi connectivity index (χ4v) is 3.69. The van der Waals surface area contributed by atoms with Crippen LogP contribution in [0, 0.1) is 5.92 Å². The van der Waals surface area contributed by atoms with Crippen LogP contribution in [0.3, 0.4) is 0 Å². The van der Waals surface area contributed by atoms with Crippen LogP contribution in [-0.2, 0) is 10.5 Å². The minimum Gasteiger partial charge on any atom is -0.357 e. The summed E-state index contributed by atoms with van der Waals surface area (Å²) in [6.07, 6.45) is 0.752. The van der Waals surface area contributed by atoms with E-state index in [-0.39, 0.29) is 11.8 Å². The Hall–Kier alpha value is -2.00. The number of carbonyl (C=O) groups excluding carboxylic acids is 1. The van der Waals surface area contributed by atoms with E-state index in [1.54, 1.807) is 0 Å². The molecule has 0 unspecified atom stereocenters. The zero-order chi connectivity index (χ0) is 14.6. The van der Waals surface area contributed by atoms with Crippen LogP contribution in [0.1, 0.15) is 18.9 Å². The number of nitrogens with one attached hydrogen (secondary N) is 1. The third-order valence-corrected chi connectivity index (χ3v) is 4.65. The molecule has 4 heteroatoms. The first-order valence-corrected chi connectivity index (χ1v) is 7.47. The highest BCUT2D eigenvalue weighted by Crippen LogP contribution is 2.53. The Morgan fingerprint density at radius 1 is 1.24 bits per heavy atom. The second kappa shape index (κ2) is 4.25. The largest absolute Gasteiger partial charge is 0.357 e. The molecule has 0 bridgehead atoms. The Labute approximate surface area is 128 Å². The van der Waals surface area contributed by atoms with E-state index >= 15 is 0 Å². The molecule has 0 spiro atoms. The van der Waals surface area contributed by atoms with Gasteiger partial charge < -0.3 is 5.32 Å². The zero-order valence-electron chi connectivity index (χ0n) is 11.6. The molecule has 0 aromatic heterocycles. The SMILES string of the molecule is C[C@H]1C[C@@]2(c3ccccc3)Nc3cc(Cl)ccc3N2C1=O. The Balaban J connectivity index is 1.93. The topological polar surface area (TPSA) is 32.3 Å². The number of nitrogens with zero attached hydrogens (tertiary/aromatic N) is 1. The van der Waals surface area contributed by atoms with E-state index in [4.69, 9.17) is 11.6 Å². The highest BCUT2D eigenvalue weighted by atomic mass is 35.5. The zero-order valence-corrected chi connectivity index (χ0v) is 12.4. The number of rotatable bonds is 1. The predicted octanol–water partition coefficient (Wildman–Crippen LogP) is 3.99. The van der Waals surface area contributed by atoms with E-state index in [1.165, 1.54) is 0 Å². The van der Waals surface area contributed by atoms with Crippen molar-refractivity contribution >= 4 is 28.9 Å². The van der Waals surface area contributed by atoms with Gasteiger partial charge in [0.05, 0.1) is 11.4 Å². The monoisotopic (exact) mass is 298 g/mol.